The lowest BCUT2D eigenvalue weighted by Crippen LogP contribution is -2.08. The van der Waals surface area contributed by atoms with E-state index in [1.807, 2.05) is 30.3 Å². The summed E-state index contributed by atoms with van der Waals surface area (Å²) < 4.78 is 1.57. The molecule has 0 aliphatic rings. The molecule has 0 aliphatic heterocycles. The summed E-state index contributed by atoms with van der Waals surface area (Å²) >= 11 is 5.96. The summed E-state index contributed by atoms with van der Waals surface area (Å²) in [5.74, 6) is 0.0667. The number of halogens is 1. The van der Waals surface area contributed by atoms with Gasteiger partial charge >= 0.3 is 0 Å². The zero-order valence-corrected chi connectivity index (χ0v) is 14.6. The van der Waals surface area contributed by atoms with Crippen LogP contribution in [-0.2, 0) is 4.79 Å². The summed E-state index contributed by atoms with van der Waals surface area (Å²) in [4.78, 5) is 12.1. The molecule has 2 aromatic heterocycles. The van der Waals surface area contributed by atoms with Gasteiger partial charge in [0.05, 0.1) is 16.8 Å². The van der Waals surface area contributed by atoms with Crippen molar-refractivity contribution in [2.45, 2.75) is 0 Å². The maximum absolute atomic E-state index is 12.1. The van der Waals surface area contributed by atoms with Crippen molar-refractivity contribution in [2.75, 3.05) is 5.32 Å². The molecule has 0 saturated carbocycles. The predicted octanol–water partition coefficient (Wildman–Crippen LogP) is 3.45. The van der Waals surface area contributed by atoms with Gasteiger partial charge in [-0.1, -0.05) is 35.9 Å². The van der Waals surface area contributed by atoms with E-state index in [4.69, 9.17) is 16.9 Å². The quantitative estimate of drug-likeness (QED) is 0.554. The van der Waals surface area contributed by atoms with E-state index in [2.05, 4.69) is 20.6 Å². The Hall–Kier alpha value is -3.76. The van der Waals surface area contributed by atoms with Gasteiger partial charge in [-0.15, -0.1) is 10.2 Å². The first-order valence-electron chi connectivity index (χ1n) is 7.93. The third-order valence-electron chi connectivity index (χ3n) is 3.92. The van der Waals surface area contributed by atoms with Gasteiger partial charge in [0.2, 0.25) is 5.91 Å². The maximum Gasteiger partial charge on any atom is 0.248 e. The highest BCUT2D eigenvalue weighted by Gasteiger charge is 2.08. The first kappa shape index (κ1) is 16.7. The number of hydrogen-bond donors (Lipinski definition) is 1. The summed E-state index contributed by atoms with van der Waals surface area (Å²) in [6.45, 7) is 0. The van der Waals surface area contributed by atoms with Crippen LogP contribution in [0, 0.1) is 11.3 Å². The van der Waals surface area contributed by atoms with E-state index < -0.39 is 0 Å². The molecular weight excluding hydrogens is 364 g/mol. The molecule has 130 valence electrons. The van der Waals surface area contributed by atoms with Gasteiger partial charge in [0.1, 0.15) is 6.07 Å². The molecule has 0 radical (unpaired) electrons. The van der Waals surface area contributed by atoms with Crippen molar-refractivity contribution in [2.24, 2.45) is 0 Å². The molecule has 8 heteroatoms. The lowest BCUT2D eigenvalue weighted by Gasteiger charge is -2.03. The number of amides is 1. The molecule has 2 aromatic carbocycles. The van der Waals surface area contributed by atoms with Gasteiger partial charge < -0.3 is 5.32 Å². The molecule has 0 fully saturated rings. The molecule has 0 spiro atoms. The lowest BCUT2D eigenvalue weighted by atomic mass is 10.2. The number of anilines is 1. The van der Waals surface area contributed by atoms with E-state index in [0.29, 0.717) is 22.7 Å². The van der Waals surface area contributed by atoms with Crippen LogP contribution in [0.15, 0.2) is 54.7 Å². The third-order valence-corrected chi connectivity index (χ3v) is 4.23. The Kier molecular flexibility index (Phi) is 4.24. The van der Waals surface area contributed by atoms with Crippen LogP contribution < -0.4 is 5.32 Å². The average molecular weight is 375 g/mol. The number of carbonyl (C=O) groups is 1. The van der Waals surface area contributed by atoms with E-state index >= 15 is 0 Å². The highest BCUT2D eigenvalue weighted by molar-refractivity contribution is 6.32. The highest BCUT2D eigenvalue weighted by Crippen LogP contribution is 2.20. The Morgan fingerprint density at radius 2 is 2.07 bits per heavy atom. The van der Waals surface area contributed by atoms with Gasteiger partial charge in [-0.25, -0.2) is 0 Å². The van der Waals surface area contributed by atoms with Crippen LogP contribution >= 0.6 is 11.6 Å². The van der Waals surface area contributed by atoms with E-state index in [0.717, 1.165) is 10.8 Å². The van der Waals surface area contributed by atoms with E-state index in [1.165, 1.54) is 18.2 Å². The standard InChI is InChI=1S/C19H11ClN6O/c20-16-9-14(6-5-12(16)10-21)23-18(27)8-7-17-24-25-19-15-4-2-1-3-13(15)11-22-26(17)19/h1-9,11H,(H,23,27)/b8-7+. The molecule has 4 rings (SSSR count). The molecule has 1 N–H and O–H groups in total. The molecule has 0 unspecified atom stereocenters. The van der Waals surface area contributed by atoms with Crippen molar-refractivity contribution in [3.05, 3.63) is 71.1 Å². The fourth-order valence-electron chi connectivity index (χ4n) is 2.63. The van der Waals surface area contributed by atoms with Crippen LogP contribution in [0.25, 0.3) is 22.5 Å². The van der Waals surface area contributed by atoms with Crippen molar-refractivity contribution < 1.29 is 4.79 Å². The van der Waals surface area contributed by atoms with Crippen molar-refractivity contribution >= 4 is 45.7 Å². The number of nitrogens with zero attached hydrogens (tertiary/aromatic N) is 5. The molecule has 0 saturated heterocycles. The Labute approximate surface area is 158 Å². The van der Waals surface area contributed by atoms with Crippen molar-refractivity contribution in [3.8, 4) is 6.07 Å². The predicted molar refractivity (Wildman–Crippen MR) is 102 cm³/mol. The number of aromatic nitrogens is 4. The monoisotopic (exact) mass is 374 g/mol. The minimum atomic E-state index is -0.367. The van der Waals surface area contributed by atoms with Crippen LogP contribution in [0.1, 0.15) is 11.4 Å². The first-order valence-corrected chi connectivity index (χ1v) is 8.31. The summed E-state index contributed by atoms with van der Waals surface area (Å²) in [6.07, 6.45) is 4.59. The molecule has 1 amide bonds. The fraction of sp³-hybridized carbons (Fsp3) is 0. The fourth-order valence-corrected chi connectivity index (χ4v) is 2.85. The van der Waals surface area contributed by atoms with Gasteiger partial charge in [-0.05, 0) is 24.3 Å². The number of hydrogen-bond acceptors (Lipinski definition) is 5. The van der Waals surface area contributed by atoms with Gasteiger partial charge in [0, 0.05) is 22.5 Å². The average Bonchev–Trinajstić information content (AvgIpc) is 3.10. The third kappa shape index (κ3) is 3.21. The number of nitrogens with one attached hydrogen (secondary N) is 1. The Bertz CT molecular complexity index is 1250. The number of nitriles is 1. The lowest BCUT2D eigenvalue weighted by molar-refractivity contribution is -0.111. The van der Waals surface area contributed by atoms with Crippen LogP contribution in [-0.4, -0.2) is 25.7 Å². The molecule has 0 atom stereocenters. The van der Waals surface area contributed by atoms with Gasteiger partial charge in [-0.2, -0.15) is 14.9 Å². The minimum absolute atomic E-state index is 0.277. The normalized spacial score (nSPS) is 11.1. The number of carbonyl (C=O) groups excluding carboxylic acids is 1. The van der Waals surface area contributed by atoms with Crippen molar-refractivity contribution in [3.63, 3.8) is 0 Å². The molecule has 27 heavy (non-hydrogen) atoms. The van der Waals surface area contributed by atoms with Gasteiger partial charge in [0.15, 0.2) is 11.5 Å². The summed E-state index contributed by atoms with van der Waals surface area (Å²) in [5, 5.41) is 26.3. The van der Waals surface area contributed by atoms with Crippen LogP contribution in [0.5, 0.6) is 0 Å². The van der Waals surface area contributed by atoms with Crippen molar-refractivity contribution in [1.82, 2.24) is 19.8 Å². The minimum Gasteiger partial charge on any atom is -0.322 e. The van der Waals surface area contributed by atoms with Crippen molar-refractivity contribution in [1.29, 1.82) is 5.26 Å². The maximum atomic E-state index is 12.1. The Morgan fingerprint density at radius 1 is 1.22 bits per heavy atom. The van der Waals surface area contributed by atoms with Crippen LogP contribution in [0.3, 0.4) is 0 Å². The SMILES string of the molecule is N#Cc1ccc(NC(=O)/C=C/c2nnc3c4ccccc4cnn23)cc1Cl. The second-order valence-corrected chi connectivity index (χ2v) is 6.06. The molecule has 0 aliphatic carbocycles. The molecule has 7 nitrogen and oxygen atoms in total. The second kappa shape index (κ2) is 6.86. The van der Waals surface area contributed by atoms with Gasteiger partial charge in [0.25, 0.3) is 0 Å². The number of rotatable bonds is 3. The van der Waals surface area contributed by atoms with Crippen LogP contribution in [0.4, 0.5) is 5.69 Å². The first-order chi connectivity index (χ1) is 13.2. The highest BCUT2D eigenvalue weighted by atomic mass is 35.5. The molecule has 2 heterocycles. The van der Waals surface area contributed by atoms with E-state index in [9.17, 15) is 4.79 Å². The topological polar surface area (TPSA) is 96.0 Å². The van der Waals surface area contributed by atoms with Crippen LogP contribution in [0.2, 0.25) is 5.02 Å². The zero-order valence-electron chi connectivity index (χ0n) is 13.8. The largest absolute Gasteiger partial charge is 0.322 e. The van der Waals surface area contributed by atoms with E-state index in [-0.39, 0.29) is 10.9 Å². The summed E-state index contributed by atoms with van der Waals surface area (Å²) in [6, 6.07) is 14.4. The molecule has 0 bridgehead atoms. The summed E-state index contributed by atoms with van der Waals surface area (Å²) in [7, 11) is 0. The Balaban J connectivity index is 1.57. The zero-order chi connectivity index (χ0) is 18.8. The number of benzene rings is 2. The molecule has 4 aromatic rings. The smallest absolute Gasteiger partial charge is 0.248 e. The molecular formula is C19H11ClN6O. The van der Waals surface area contributed by atoms with E-state index in [1.54, 1.807) is 22.8 Å². The number of fused-ring (bicyclic) bond motifs is 3. The van der Waals surface area contributed by atoms with Gasteiger partial charge in [-0.3, -0.25) is 4.79 Å². The summed E-state index contributed by atoms with van der Waals surface area (Å²) in [5.41, 5.74) is 1.45. The second-order valence-electron chi connectivity index (χ2n) is 5.65. The Morgan fingerprint density at radius 3 is 2.89 bits per heavy atom.